The molecule has 0 aliphatic carbocycles. The van der Waals surface area contributed by atoms with Crippen LogP contribution >= 0.6 is 12.2 Å². The number of hydrogen-bond donors (Lipinski definition) is 2. The third-order valence-electron chi connectivity index (χ3n) is 3.01. The maximum atomic E-state index is 12.3. The Morgan fingerprint density at radius 2 is 2.14 bits per heavy atom. The molecule has 7 heteroatoms. The molecule has 5 nitrogen and oxygen atoms in total. The fourth-order valence-corrected chi connectivity index (χ4v) is 3.31. The van der Waals surface area contributed by atoms with Gasteiger partial charge in [0.05, 0.1) is 11.2 Å². The number of furan rings is 1. The number of benzene rings is 1. The Kier molecular flexibility index (Phi) is 4.76. The molecule has 0 saturated carbocycles. The van der Waals surface area contributed by atoms with Crippen molar-refractivity contribution in [3.8, 4) is 0 Å². The summed E-state index contributed by atoms with van der Waals surface area (Å²) in [5.74, 6) is 0.728. The number of nitrogens with one attached hydrogen (secondary N) is 1. The Hall–Kier alpha value is -1.70. The standard InChI is InChI=1S/C14H16N2O3S2/c1-10-4-5-11(14(15)20)9-13(10)21(17,18)16-7-6-12-3-2-8-19-12/h2-5,8-9,16H,6-7H2,1H3,(H2,15,20). The van der Waals surface area contributed by atoms with Crippen LogP contribution < -0.4 is 10.5 Å². The minimum absolute atomic E-state index is 0.169. The van der Waals surface area contributed by atoms with E-state index in [1.54, 1.807) is 37.5 Å². The Morgan fingerprint density at radius 3 is 2.76 bits per heavy atom. The molecule has 0 bridgehead atoms. The Balaban J connectivity index is 2.15. The highest BCUT2D eigenvalue weighted by Crippen LogP contribution is 2.17. The van der Waals surface area contributed by atoms with Gasteiger partial charge in [0.15, 0.2) is 0 Å². The van der Waals surface area contributed by atoms with Gasteiger partial charge >= 0.3 is 0 Å². The summed E-state index contributed by atoms with van der Waals surface area (Å²) in [4.78, 5) is 0.356. The van der Waals surface area contributed by atoms with Crippen LogP contribution in [-0.2, 0) is 16.4 Å². The molecule has 21 heavy (non-hydrogen) atoms. The van der Waals surface area contributed by atoms with Crippen LogP contribution in [0.15, 0.2) is 45.9 Å². The minimum Gasteiger partial charge on any atom is -0.469 e. The van der Waals surface area contributed by atoms with E-state index in [4.69, 9.17) is 22.4 Å². The summed E-state index contributed by atoms with van der Waals surface area (Å²) in [6.45, 7) is 1.98. The predicted molar refractivity (Wildman–Crippen MR) is 84.7 cm³/mol. The van der Waals surface area contributed by atoms with Gasteiger partial charge in [0.25, 0.3) is 0 Å². The SMILES string of the molecule is Cc1ccc(C(N)=S)cc1S(=O)(=O)NCCc1ccco1. The molecule has 1 heterocycles. The molecule has 1 aromatic heterocycles. The van der Waals surface area contributed by atoms with Crippen molar-refractivity contribution in [1.29, 1.82) is 0 Å². The lowest BCUT2D eigenvalue weighted by molar-refractivity contribution is 0.506. The summed E-state index contributed by atoms with van der Waals surface area (Å²) in [5.41, 5.74) is 6.71. The summed E-state index contributed by atoms with van der Waals surface area (Å²) in [6.07, 6.45) is 2.04. The first-order chi connectivity index (χ1) is 9.90. The van der Waals surface area contributed by atoms with Gasteiger partial charge in [-0.2, -0.15) is 0 Å². The van der Waals surface area contributed by atoms with Gasteiger partial charge < -0.3 is 10.2 Å². The van der Waals surface area contributed by atoms with Crippen molar-refractivity contribution in [2.24, 2.45) is 5.73 Å². The Labute approximate surface area is 129 Å². The minimum atomic E-state index is -3.61. The summed E-state index contributed by atoms with van der Waals surface area (Å²) in [5, 5.41) is 0. The number of nitrogens with two attached hydrogens (primary N) is 1. The van der Waals surface area contributed by atoms with E-state index in [2.05, 4.69) is 4.72 Å². The van der Waals surface area contributed by atoms with E-state index in [9.17, 15) is 8.42 Å². The van der Waals surface area contributed by atoms with E-state index in [0.717, 1.165) is 5.76 Å². The van der Waals surface area contributed by atoms with Crippen molar-refractivity contribution < 1.29 is 12.8 Å². The monoisotopic (exact) mass is 324 g/mol. The summed E-state index contributed by atoms with van der Waals surface area (Å²) in [7, 11) is -3.61. The fourth-order valence-electron chi connectivity index (χ4n) is 1.88. The zero-order chi connectivity index (χ0) is 15.5. The maximum absolute atomic E-state index is 12.3. The normalized spacial score (nSPS) is 11.5. The van der Waals surface area contributed by atoms with Crippen molar-refractivity contribution in [2.75, 3.05) is 6.54 Å². The molecule has 0 saturated heterocycles. The molecule has 2 rings (SSSR count). The van der Waals surface area contributed by atoms with E-state index < -0.39 is 10.0 Å². The zero-order valence-corrected chi connectivity index (χ0v) is 13.1. The van der Waals surface area contributed by atoms with Crippen molar-refractivity contribution in [3.63, 3.8) is 0 Å². The van der Waals surface area contributed by atoms with Crippen LogP contribution in [-0.4, -0.2) is 20.0 Å². The van der Waals surface area contributed by atoms with E-state index in [1.807, 2.05) is 0 Å². The molecule has 0 aliphatic rings. The van der Waals surface area contributed by atoms with Gasteiger partial charge in [0, 0.05) is 18.5 Å². The van der Waals surface area contributed by atoms with Gasteiger partial charge in [-0.25, -0.2) is 13.1 Å². The number of thiocarbonyl (C=S) groups is 1. The summed E-state index contributed by atoms with van der Waals surface area (Å²) < 4.78 is 32.4. The van der Waals surface area contributed by atoms with Gasteiger partial charge in [0.2, 0.25) is 10.0 Å². The number of aryl methyl sites for hydroxylation is 1. The van der Waals surface area contributed by atoms with Crippen molar-refractivity contribution in [2.45, 2.75) is 18.2 Å². The Morgan fingerprint density at radius 1 is 1.38 bits per heavy atom. The van der Waals surface area contributed by atoms with Crippen LogP contribution in [0.3, 0.4) is 0 Å². The Bertz CT molecular complexity index is 738. The quantitative estimate of drug-likeness (QED) is 0.791. The van der Waals surface area contributed by atoms with Gasteiger partial charge in [0.1, 0.15) is 10.7 Å². The highest BCUT2D eigenvalue weighted by atomic mass is 32.2. The van der Waals surface area contributed by atoms with Crippen LogP contribution in [0.2, 0.25) is 0 Å². The zero-order valence-electron chi connectivity index (χ0n) is 11.5. The van der Waals surface area contributed by atoms with Crippen LogP contribution in [0.1, 0.15) is 16.9 Å². The maximum Gasteiger partial charge on any atom is 0.240 e. The first-order valence-corrected chi connectivity index (χ1v) is 8.22. The molecule has 1 aromatic carbocycles. The van der Waals surface area contributed by atoms with Crippen molar-refractivity contribution in [3.05, 3.63) is 53.5 Å². The second kappa shape index (κ2) is 6.38. The molecule has 0 atom stereocenters. The summed E-state index contributed by atoms with van der Waals surface area (Å²) in [6, 6.07) is 8.45. The number of hydrogen-bond acceptors (Lipinski definition) is 4. The van der Waals surface area contributed by atoms with Gasteiger partial charge in [-0.3, -0.25) is 0 Å². The third-order valence-corrected chi connectivity index (χ3v) is 4.84. The molecule has 0 spiro atoms. The van der Waals surface area contributed by atoms with Crippen LogP contribution in [0.5, 0.6) is 0 Å². The van der Waals surface area contributed by atoms with Gasteiger partial charge in [-0.1, -0.05) is 24.4 Å². The largest absolute Gasteiger partial charge is 0.469 e. The molecule has 112 valence electrons. The highest BCUT2D eigenvalue weighted by Gasteiger charge is 2.17. The lowest BCUT2D eigenvalue weighted by atomic mass is 10.1. The topological polar surface area (TPSA) is 85.3 Å². The van der Waals surface area contributed by atoms with Gasteiger partial charge in [-0.15, -0.1) is 0 Å². The van der Waals surface area contributed by atoms with E-state index in [-0.39, 0.29) is 16.4 Å². The number of rotatable bonds is 6. The molecule has 0 aliphatic heterocycles. The van der Waals surface area contributed by atoms with Crippen LogP contribution in [0, 0.1) is 6.92 Å². The second-order valence-electron chi connectivity index (χ2n) is 4.57. The second-order valence-corrected chi connectivity index (χ2v) is 6.75. The van der Waals surface area contributed by atoms with Crippen LogP contribution in [0.25, 0.3) is 0 Å². The molecular formula is C14H16N2O3S2. The van der Waals surface area contributed by atoms with Crippen molar-refractivity contribution in [1.82, 2.24) is 4.72 Å². The average molecular weight is 324 g/mol. The average Bonchev–Trinajstić information content (AvgIpc) is 2.91. The molecule has 0 unspecified atom stereocenters. The van der Waals surface area contributed by atoms with Gasteiger partial charge in [-0.05, 0) is 30.7 Å². The third kappa shape index (κ3) is 3.90. The summed E-state index contributed by atoms with van der Waals surface area (Å²) >= 11 is 4.88. The van der Waals surface area contributed by atoms with Crippen molar-refractivity contribution >= 4 is 27.2 Å². The molecule has 3 N–H and O–H groups in total. The smallest absolute Gasteiger partial charge is 0.240 e. The lowest BCUT2D eigenvalue weighted by Gasteiger charge is -2.10. The van der Waals surface area contributed by atoms with Crippen LogP contribution in [0.4, 0.5) is 0 Å². The highest BCUT2D eigenvalue weighted by molar-refractivity contribution is 7.89. The molecular weight excluding hydrogens is 308 g/mol. The van der Waals surface area contributed by atoms with E-state index in [0.29, 0.717) is 17.5 Å². The first-order valence-electron chi connectivity index (χ1n) is 6.32. The first kappa shape index (κ1) is 15.7. The molecule has 0 amide bonds. The lowest BCUT2D eigenvalue weighted by Crippen LogP contribution is -2.27. The molecule has 2 aromatic rings. The van der Waals surface area contributed by atoms with E-state index >= 15 is 0 Å². The molecule has 0 radical (unpaired) electrons. The molecule has 0 fully saturated rings. The van der Waals surface area contributed by atoms with E-state index in [1.165, 1.54) is 6.07 Å². The predicted octanol–water partition coefficient (Wildman–Crippen LogP) is 1.74. The number of sulfonamides is 1. The fraction of sp³-hybridized carbons (Fsp3) is 0.214.